The maximum absolute atomic E-state index is 11.9. The van der Waals surface area contributed by atoms with E-state index in [0.29, 0.717) is 21.6 Å². The molecule has 0 unspecified atom stereocenters. The fourth-order valence-corrected chi connectivity index (χ4v) is 2.23. The number of carboxylic acids is 1. The van der Waals surface area contributed by atoms with Gasteiger partial charge in [-0.2, -0.15) is 0 Å². The summed E-state index contributed by atoms with van der Waals surface area (Å²) in [6.45, 7) is 0.0524. The Morgan fingerprint density at radius 1 is 1.32 bits per heavy atom. The molecule has 1 aromatic heterocycles. The largest absolute Gasteiger partial charge is 0.481 e. The van der Waals surface area contributed by atoms with Crippen LogP contribution in [0.5, 0.6) is 0 Å². The van der Waals surface area contributed by atoms with Crippen LogP contribution in [0.15, 0.2) is 29.1 Å². The molecule has 2 aromatic rings. The van der Waals surface area contributed by atoms with Gasteiger partial charge in [-0.15, -0.1) is 0 Å². The van der Waals surface area contributed by atoms with Crippen LogP contribution in [-0.2, 0) is 17.8 Å². The van der Waals surface area contributed by atoms with Crippen LogP contribution in [0, 0.1) is 0 Å². The van der Waals surface area contributed by atoms with E-state index in [2.05, 4.69) is 0 Å². The highest BCUT2D eigenvalue weighted by Crippen LogP contribution is 2.18. The number of carbonyl (C=O) groups is 1. The molecule has 0 spiro atoms. The van der Waals surface area contributed by atoms with Crippen LogP contribution in [0.4, 0.5) is 0 Å². The zero-order chi connectivity index (χ0) is 14.0. The van der Waals surface area contributed by atoms with E-state index < -0.39 is 5.97 Å². The maximum Gasteiger partial charge on any atom is 0.309 e. The first-order valence-corrected chi connectivity index (χ1v) is 6.05. The third-order valence-electron chi connectivity index (χ3n) is 2.82. The summed E-state index contributed by atoms with van der Waals surface area (Å²) in [6, 6.07) is 6.09. The van der Waals surface area contributed by atoms with Gasteiger partial charge in [0.25, 0.3) is 0 Å². The summed E-state index contributed by atoms with van der Waals surface area (Å²) >= 11 is 5.91. The van der Waals surface area contributed by atoms with Crippen molar-refractivity contribution in [3.8, 4) is 0 Å². The zero-order valence-electron chi connectivity index (χ0n) is 9.97. The maximum atomic E-state index is 11.9. The second-order valence-electron chi connectivity index (χ2n) is 4.11. The fraction of sp³-hybridized carbons (Fsp3) is 0.231. The van der Waals surface area contributed by atoms with Crippen molar-refractivity contribution >= 4 is 28.5 Å². The molecule has 5 nitrogen and oxygen atoms in total. The molecule has 1 aromatic carbocycles. The number of aliphatic carboxylic acids is 1. The van der Waals surface area contributed by atoms with Crippen LogP contribution in [0.2, 0.25) is 5.02 Å². The van der Waals surface area contributed by atoms with Crippen molar-refractivity contribution in [3.05, 3.63) is 45.2 Å². The lowest BCUT2D eigenvalue weighted by molar-refractivity contribution is -0.136. The highest BCUT2D eigenvalue weighted by molar-refractivity contribution is 6.31. The summed E-state index contributed by atoms with van der Waals surface area (Å²) in [6.07, 6.45) is -0.280. The number of benzene rings is 1. The van der Waals surface area contributed by atoms with E-state index in [0.717, 1.165) is 0 Å². The first-order chi connectivity index (χ1) is 9.02. The van der Waals surface area contributed by atoms with E-state index >= 15 is 0 Å². The van der Waals surface area contributed by atoms with Crippen molar-refractivity contribution in [3.63, 3.8) is 0 Å². The van der Waals surface area contributed by atoms with Gasteiger partial charge in [0.15, 0.2) is 5.43 Å². The van der Waals surface area contributed by atoms with E-state index in [4.69, 9.17) is 21.8 Å². The highest BCUT2D eigenvalue weighted by atomic mass is 35.5. The molecule has 0 fully saturated rings. The number of hydrogen-bond acceptors (Lipinski definition) is 3. The number of fused-ring (bicyclic) bond motifs is 1. The van der Waals surface area contributed by atoms with Gasteiger partial charge in [-0.05, 0) is 18.2 Å². The van der Waals surface area contributed by atoms with E-state index in [-0.39, 0.29) is 25.0 Å². The summed E-state index contributed by atoms with van der Waals surface area (Å²) in [5, 5.41) is 18.9. The minimum atomic E-state index is -1.03. The Morgan fingerprint density at radius 3 is 2.68 bits per heavy atom. The van der Waals surface area contributed by atoms with E-state index in [9.17, 15) is 9.59 Å². The number of hydrogen-bond donors (Lipinski definition) is 2. The molecule has 0 aliphatic heterocycles. The Bertz CT molecular complexity index is 693. The van der Waals surface area contributed by atoms with Gasteiger partial charge in [-0.3, -0.25) is 9.59 Å². The Labute approximate surface area is 113 Å². The summed E-state index contributed by atoms with van der Waals surface area (Å²) in [7, 11) is 0. The minimum absolute atomic E-state index is 0.156. The molecular weight excluding hydrogens is 270 g/mol. The molecule has 19 heavy (non-hydrogen) atoms. The van der Waals surface area contributed by atoms with Crippen molar-refractivity contribution in [2.75, 3.05) is 6.61 Å². The number of aliphatic hydroxyl groups is 1. The summed E-state index contributed by atoms with van der Waals surface area (Å²) in [4.78, 5) is 22.8. The minimum Gasteiger partial charge on any atom is -0.481 e. The van der Waals surface area contributed by atoms with Crippen LogP contribution in [0.25, 0.3) is 10.9 Å². The Morgan fingerprint density at radius 2 is 2.05 bits per heavy atom. The molecule has 0 amide bonds. The molecule has 1 heterocycles. The van der Waals surface area contributed by atoms with Gasteiger partial charge >= 0.3 is 5.97 Å². The molecule has 0 atom stereocenters. The predicted molar refractivity (Wildman–Crippen MR) is 71.6 cm³/mol. The molecule has 0 aliphatic carbocycles. The fourth-order valence-electron chi connectivity index (χ4n) is 2.06. The first-order valence-electron chi connectivity index (χ1n) is 5.67. The van der Waals surface area contributed by atoms with Crippen LogP contribution < -0.4 is 5.43 Å². The molecule has 100 valence electrons. The van der Waals surface area contributed by atoms with Gasteiger partial charge < -0.3 is 14.8 Å². The normalized spacial score (nSPS) is 10.8. The summed E-state index contributed by atoms with van der Waals surface area (Å²) in [5.74, 6) is -1.03. The first kappa shape index (κ1) is 13.6. The Balaban J connectivity index is 2.77. The highest BCUT2D eigenvalue weighted by Gasteiger charge is 2.12. The summed E-state index contributed by atoms with van der Waals surface area (Å²) in [5.41, 5.74) is 0.628. The number of aliphatic hydroxyl groups excluding tert-OH is 1. The Kier molecular flexibility index (Phi) is 3.87. The van der Waals surface area contributed by atoms with Crippen LogP contribution in [-0.4, -0.2) is 27.4 Å². The second-order valence-corrected chi connectivity index (χ2v) is 4.54. The molecule has 2 rings (SSSR count). The van der Waals surface area contributed by atoms with Gasteiger partial charge in [-0.25, -0.2) is 0 Å². The van der Waals surface area contributed by atoms with Crippen LogP contribution >= 0.6 is 11.6 Å². The number of aromatic nitrogens is 1. The molecule has 0 saturated heterocycles. The number of rotatable bonds is 4. The average molecular weight is 282 g/mol. The molecule has 0 radical (unpaired) electrons. The number of nitrogens with zero attached hydrogens (tertiary/aromatic N) is 1. The van der Waals surface area contributed by atoms with Crippen molar-refractivity contribution in [2.45, 2.75) is 13.0 Å². The SMILES string of the molecule is O=C(O)Cc1cc(=O)c2ccc(Cl)cc2n1CCO. The van der Waals surface area contributed by atoms with Gasteiger partial charge in [0.1, 0.15) is 0 Å². The smallest absolute Gasteiger partial charge is 0.309 e. The van der Waals surface area contributed by atoms with E-state index in [1.54, 1.807) is 22.8 Å². The van der Waals surface area contributed by atoms with Gasteiger partial charge in [-0.1, -0.05) is 11.6 Å². The third-order valence-corrected chi connectivity index (χ3v) is 3.05. The molecule has 6 heteroatoms. The monoisotopic (exact) mass is 281 g/mol. The topological polar surface area (TPSA) is 79.5 Å². The van der Waals surface area contributed by atoms with Crippen LogP contribution in [0.3, 0.4) is 0 Å². The average Bonchev–Trinajstić information content (AvgIpc) is 2.33. The van der Waals surface area contributed by atoms with Gasteiger partial charge in [0.2, 0.25) is 0 Å². The zero-order valence-corrected chi connectivity index (χ0v) is 10.7. The molecule has 0 aliphatic rings. The lowest BCUT2D eigenvalue weighted by Crippen LogP contribution is -2.18. The number of pyridine rings is 1. The third kappa shape index (κ3) is 2.77. The van der Waals surface area contributed by atoms with Gasteiger partial charge in [0.05, 0.1) is 18.5 Å². The molecule has 0 bridgehead atoms. The molecule has 2 N–H and O–H groups in total. The predicted octanol–water partition coefficient (Wildman–Crippen LogP) is 1.27. The number of halogens is 1. The van der Waals surface area contributed by atoms with Crippen molar-refractivity contribution < 1.29 is 15.0 Å². The molecular formula is C13H12ClNO4. The van der Waals surface area contributed by atoms with Crippen LogP contribution in [0.1, 0.15) is 5.69 Å². The Hall–Kier alpha value is -1.85. The lowest BCUT2D eigenvalue weighted by Gasteiger charge is -2.15. The lowest BCUT2D eigenvalue weighted by atomic mass is 10.1. The standard InChI is InChI=1S/C13H12ClNO4/c14-8-1-2-10-11(5-8)15(3-4-16)9(6-12(10)17)7-13(18)19/h1-2,5-6,16H,3-4,7H2,(H,18,19). The summed E-state index contributed by atoms with van der Waals surface area (Å²) < 4.78 is 1.61. The van der Waals surface area contributed by atoms with E-state index in [1.165, 1.54) is 6.07 Å². The van der Waals surface area contributed by atoms with Crippen molar-refractivity contribution in [1.29, 1.82) is 0 Å². The van der Waals surface area contributed by atoms with E-state index in [1.807, 2.05) is 0 Å². The quantitative estimate of drug-likeness (QED) is 0.885. The van der Waals surface area contributed by atoms with Crippen molar-refractivity contribution in [2.24, 2.45) is 0 Å². The van der Waals surface area contributed by atoms with Gasteiger partial charge in [0, 0.05) is 28.7 Å². The van der Waals surface area contributed by atoms with Crippen molar-refractivity contribution in [1.82, 2.24) is 4.57 Å². The molecule has 0 saturated carbocycles. The second kappa shape index (κ2) is 5.42. The number of carboxylic acid groups (broad SMARTS) is 1.